The van der Waals surface area contributed by atoms with E-state index in [1.165, 1.54) is 0 Å². The Morgan fingerprint density at radius 2 is 1.78 bits per heavy atom. The van der Waals surface area contributed by atoms with Crippen molar-refractivity contribution < 1.29 is 0 Å². The Bertz CT molecular complexity index is 1040. The summed E-state index contributed by atoms with van der Waals surface area (Å²) in [6.45, 7) is 2.12. The highest BCUT2D eigenvalue weighted by Gasteiger charge is 2.17. The Hall–Kier alpha value is -2.88. The molecular formula is C19H17N3O. The standard InChI is InChI=1S/C19H17N3O/c1-2-8-16-21-17(13-9-4-3-5-10-13)18-19(23)20-14-11-6-7-12-15(14)22(16)18/h3-7,9-12H,2,8H2,1H3,(H,20,23). The number of hydrogen-bond donors (Lipinski definition) is 1. The molecule has 0 aliphatic heterocycles. The Morgan fingerprint density at radius 1 is 1.04 bits per heavy atom. The summed E-state index contributed by atoms with van der Waals surface area (Å²) >= 11 is 0. The van der Waals surface area contributed by atoms with Crippen LogP contribution >= 0.6 is 0 Å². The number of imidazole rings is 1. The number of fused-ring (bicyclic) bond motifs is 3. The maximum atomic E-state index is 12.7. The Morgan fingerprint density at radius 3 is 2.57 bits per heavy atom. The molecule has 0 saturated heterocycles. The second kappa shape index (κ2) is 5.39. The first-order chi connectivity index (χ1) is 11.3. The van der Waals surface area contributed by atoms with E-state index < -0.39 is 0 Å². The van der Waals surface area contributed by atoms with Crippen LogP contribution in [0.3, 0.4) is 0 Å². The van der Waals surface area contributed by atoms with Gasteiger partial charge in [-0.05, 0) is 18.6 Å². The van der Waals surface area contributed by atoms with Gasteiger partial charge in [0.05, 0.1) is 11.0 Å². The lowest BCUT2D eigenvalue weighted by Gasteiger charge is -2.05. The highest BCUT2D eigenvalue weighted by atomic mass is 16.1. The summed E-state index contributed by atoms with van der Waals surface area (Å²) in [5, 5.41) is 0. The van der Waals surface area contributed by atoms with Crippen molar-refractivity contribution in [3.05, 3.63) is 70.8 Å². The lowest BCUT2D eigenvalue weighted by atomic mass is 10.1. The van der Waals surface area contributed by atoms with Crippen molar-refractivity contribution in [1.82, 2.24) is 14.4 Å². The van der Waals surface area contributed by atoms with Crippen LogP contribution in [0.4, 0.5) is 0 Å². The number of aromatic amines is 1. The first kappa shape index (κ1) is 13.8. The topological polar surface area (TPSA) is 50.2 Å². The molecule has 0 amide bonds. The summed E-state index contributed by atoms with van der Waals surface area (Å²) in [7, 11) is 0. The maximum absolute atomic E-state index is 12.7. The van der Waals surface area contributed by atoms with Crippen LogP contribution in [-0.2, 0) is 6.42 Å². The number of aromatic nitrogens is 3. The second-order valence-corrected chi connectivity index (χ2v) is 5.65. The van der Waals surface area contributed by atoms with Crippen LogP contribution in [0.1, 0.15) is 19.2 Å². The third-order valence-corrected chi connectivity index (χ3v) is 4.08. The monoisotopic (exact) mass is 303 g/mol. The van der Waals surface area contributed by atoms with Gasteiger partial charge in [-0.1, -0.05) is 49.4 Å². The molecule has 0 aliphatic rings. The molecule has 0 bridgehead atoms. The van der Waals surface area contributed by atoms with E-state index in [2.05, 4.69) is 11.9 Å². The first-order valence-corrected chi connectivity index (χ1v) is 7.87. The minimum Gasteiger partial charge on any atom is -0.319 e. The highest BCUT2D eigenvalue weighted by molar-refractivity contribution is 5.85. The quantitative estimate of drug-likeness (QED) is 0.626. The van der Waals surface area contributed by atoms with Crippen LogP contribution in [0.2, 0.25) is 0 Å². The summed E-state index contributed by atoms with van der Waals surface area (Å²) in [4.78, 5) is 20.5. The van der Waals surface area contributed by atoms with Crippen molar-refractivity contribution in [1.29, 1.82) is 0 Å². The van der Waals surface area contributed by atoms with E-state index in [4.69, 9.17) is 4.98 Å². The average Bonchev–Trinajstić information content (AvgIpc) is 2.97. The first-order valence-electron chi connectivity index (χ1n) is 7.87. The van der Waals surface area contributed by atoms with E-state index in [9.17, 15) is 4.79 Å². The Balaban J connectivity index is 2.18. The fourth-order valence-corrected chi connectivity index (χ4v) is 3.08. The zero-order valence-electron chi connectivity index (χ0n) is 12.9. The number of H-pyrrole nitrogens is 1. The lowest BCUT2D eigenvalue weighted by molar-refractivity contribution is 0.839. The van der Waals surface area contributed by atoms with Crippen LogP contribution in [0.5, 0.6) is 0 Å². The molecule has 0 spiro atoms. The normalized spacial score (nSPS) is 11.3. The van der Waals surface area contributed by atoms with E-state index in [1.54, 1.807) is 0 Å². The van der Waals surface area contributed by atoms with Gasteiger partial charge >= 0.3 is 0 Å². The summed E-state index contributed by atoms with van der Waals surface area (Å²) in [6, 6.07) is 17.7. The molecule has 4 rings (SSSR count). The van der Waals surface area contributed by atoms with Gasteiger partial charge in [-0.2, -0.15) is 0 Å². The molecule has 2 aromatic heterocycles. The number of nitrogens with zero attached hydrogens (tertiary/aromatic N) is 2. The van der Waals surface area contributed by atoms with Gasteiger partial charge in [0.2, 0.25) is 0 Å². The van der Waals surface area contributed by atoms with Gasteiger partial charge in [-0.3, -0.25) is 9.20 Å². The number of rotatable bonds is 3. The van der Waals surface area contributed by atoms with E-state index in [-0.39, 0.29) is 5.56 Å². The van der Waals surface area contributed by atoms with Crippen molar-refractivity contribution in [3.63, 3.8) is 0 Å². The minimum absolute atomic E-state index is 0.0996. The summed E-state index contributed by atoms with van der Waals surface area (Å²) in [5.74, 6) is 0.934. The van der Waals surface area contributed by atoms with E-state index in [0.717, 1.165) is 41.0 Å². The average molecular weight is 303 g/mol. The predicted molar refractivity (Wildman–Crippen MR) is 92.7 cm³/mol. The molecule has 0 radical (unpaired) electrons. The SMILES string of the molecule is CCCc1nc(-c2ccccc2)c2c(=O)[nH]c3ccccc3n12. The summed E-state index contributed by atoms with van der Waals surface area (Å²) < 4.78 is 2.01. The van der Waals surface area contributed by atoms with Gasteiger partial charge in [0, 0.05) is 12.0 Å². The van der Waals surface area contributed by atoms with Crippen LogP contribution < -0.4 is 5.56 Å². The zero-order valence-corrected chi connectivity index (χ0v) is 12.9. The number of hydrogen-bond acceptors (Lipinski definition) is 2. The van der Waals surface area contributed by atoms with Gasteiger partial charge in [-0.15, -0.1) is 0 Å². The molecule has 0 aliphatic carbocycles. The van der Waals surface area contributed by atoms with Crippen LogP contribution in [0, 0.1) is 0 Å². The van der Waals surface area contributed by atoms with Crippen molar-refractivity contribution in [2.45, 2.75) is 19.8 Å². The van der Waals surface area contributed by atoms with Gasteiger partial charge < -0.3 is 4.98 Å². The van der Waals surface area contributed by atoms with E-state index in [1.807, 2.05) is 59.0 Å². The zero-order chi connectivity index (χ0) is 15.8. The smallest absolute Gasteiger partial charge is 0.275 e. The van der Waals surface area contributed by atoms with Gasteiger partial charge in [-0.25, -0.2) is 4.98 Å². The number of nitrogens with one attached hydrogen (secondary N) is 1. The summed E-state index contributed by atoms with van der Waals surface area (Å²) in [5.41, 5.74) is 4.06. The molecule has 4 aromatic rings. The van der Waals surface area contributed by atoms with Crippen molar-refractivity contribution >= 4 is 16.6 Å². The Kier molecular flexibility index (Phi) is 3.23. The minimum atomic E-state index is -0.0996. The van der Waals surface area contributed by atoms with Crippen molar-refractivity contribution in [3.8, 4) is 11.3 Å². The molecule has 1 N–H and O–H groups in total. The molecular weight excluding hydrogens is 286 g/mol. The van der Waals surface area contributed by atoms with Gasteiger partial charge in [0.15, 0.2) is 0 Å². The van der Waals surface area contributed by atoms with Crippen LogP contribution in [0.25, 0.3) is 27.8 Å². The number of aryl methyl sites for hydroxylation is 1. The molecule has 0 saturated carbocycles. The number of benzene rings is 2. The molecule has 0 unspecified atom stereocenters. The fraction of sp³-hybridized carbons (Fsp3) is 0.158. The second-order valence-electron chi connectivity index (χ2n) is 5.65. The van der Waals surface area contributed by atoms with Crippen molar-refractivity contribution in [2.24, 2.45) is 0 Å². The summed E-state index contributed by atoms with van der Waals surface area (Å²) in [6.07, 6.45) is 1.82. The third-order valence-electron chi connectivity index (χ3n) is 4.08. The van der Waals surface area contributed by atoms with E-state index in [0.29, 0.717) is 5.52 Å². The molecule has 4 heteroatoms. The maximum Gasteiger partial charge on any atom is 0.275 e. The lowest BCUT2D eigenvalue weighted by Crippen LogP contribution is -2.11. The largest absolute Gasteiger partial charge is 0.319 e. The molecule has 0 atom stereocenters. The van der Waals surface area contributed by atoms with Crippen LogP contribution in [0.15, 0.2) is 59.4 Å². The van der Waals surface area contributed by atoms with E-state index >= 15 is 0 Å². The number of para-hydroxylation sites is 2. The Labute approximate surface area is 133 Å². The highest BCUT2D eigenvalue weighted by Crippen LogP contribution is 2.25. The predicted octanol–water partition coefficient (Wildman–Crippen LogP) is 3.80. The van der Waals surface area contributed by atoms with Crippen molar-refractivity contribution in [2.75, 3.05) is 0 Å². The van der Waals surface area contributed by atoms with Gasteiger partial charge in [0.1, 0.15) is 17.0 Å². The molecule has 2 heterocycles. The molecule has 2 aromatic carbocycles. The van der Waals surface area contributed by atoms with Crippen LogP contribution in [-0.4, -0.2) is 14.4 Å². The molecule has 4 nitrogen and oxygen atoms in total. The fourth-order valence-electron chi connectivity index (χ4n) is 3.08. The molecule has 114 valence electrons. The molecule has 0 fully saturated rings. The van der Waals surface area contributed by atoms with Gasteiger partial charge in [0.25, 0.3) is 5.56 Å². The third kappa shape index (κ3) is 2.14. The molecule has 23 heavy (non-hydrogen) atoms.